The van der Waals surface area contributed by atoms with E-state index in [1.807, 2.05) is 11.3 Å². The first-order chi connectivity index (χ1) is 32.4. The lowest BCUT2D eigenvalue weighted by Crippen LogP contribution is -2.60. The number of fused-ring (bicyclic) bond motifs is 8. The van der Waals surface area contributed by atoms with Crippen LogP contribution in [0.4, 0.5) is 34.1 Å². The molecular weight excluding hydrogens is 792 g/mol. The predicted octanol–water partition coefficient (Wildman–Crippen LogP) is 15.6. The van der Waals surface area contributed by atoms with Crippen molar-refractivity contribution in [3.63, 3.8) is 0 Å². The van der Waals surface area contributed by atoms with Gasteiger partial charge in [-0.25, -0.2) is 0 Å². The minimum Gasteiger partial charge on any atom is -0.311 e. The van der Waals surface area contributed by atoms with Gasteiger partial charge < -0.3 is 9.80 Å². The van der Waals surface area contributed by atoms with Crippen LogP contribution in [0.2, 0.25) is 0 Å². The van der Waals surface area contributed by atoms with Crippen LogP contribution < -0.4 is 25.5 Å². The number of thiophene rings is 1. The van der Waals surface area contributed by atoms with E-state index in [4.69, 9.17) is 4.11 Å². The van der Waals surface area contributed by atoms with Gasteiger partial charge in [0.05, 0.1) is 12.5 Å². The molecule has 2 aliphatic heterocycles. The first-order valence-electron chi connectivity index (χ1n) is 26.3. The average molecular weight is 862 g/mol. The van der Waals surface area contributed by atoms with Crippen LogP contribution in [0.1, 0.15) is 161 Å². The van der Waals surface area contributed by atoms with Gasteiger partial charge >= 0.3 is 0 Å². The minimum atomic E-state index is -0.389. The van der Waals surface area contributed by atoms with Crippen LogP contribution in [0.3, 0.4) is 0 Å². The lowest BCUT2D eigenvalue weighted by molar-refractivity contribution is 0.332. The molecule has 0 saturated carbocycles. The van der Waals surface area contributed by atoms with E-state index in [-0.39, 0.29) is 64.1 Å². The highest BCUT2D eigenvalue weighted by molar-refractivity contribution is 7.33. The van der Waals surface area contributed by atoms with Crippen molar-refractivity contribution in [3.8, 4) is 11.1 Å². The van der Waals surface area contributed by atoms with Gasteiger partial charge in [-0.3, -0.25) is 0 Å². The van der Waals surface area contributed by atoms with E-state index < -0.39 is 0 Å². The molecule has 0 radical (unpaired) electrons. The molecule has 324 valence electrons. The Balaban J connectivity index is 1.32. The summed E-state index contributed by atoms with van der Waals surface area (Å²) in [6.07, 6.45) is 4.45. The summed E-state index contributed by atoms with van der Waals surface area (Å²) in [5, 5.41) is 1.24. The Morgan fingerprint density at radius 1 is 0.531 bits per heavy atom. The number of hydrogen-bond acceptors (Lipinski definition) is 3. The third-order valence-electron chi connectivity index (χ3n) is 16.0. The molecule has 0 saturated heterocycles. The average Bonchev–Trinajstić information content (AvgIpc) is 3.68. The van der Waals surface area contributed by atoms with Crippen molar-refractivity contribution in [3.05, 3.63) is 149 Å². The zero-order valence-corrected chi connectivity index (χ0v) is 40.8. The molecule has 0 bridgehead atoms. The Morgan fingerprint density at radius 2 is 1.08 bits per heavy atom. The molecule has 0 amide bonds. The Morgan fingerprint density at radius 3 is 1.70 bits per heavy atom. The molecule has 0 fully saturated rings. The molecule has 64 heavy (non-hydrogen) atoms. The van der Waals surface area contributed by atoms with Crippen LogP contribution in [0.15, 0.2) is 115 Å². The molecule has 6 aromatic carbocycles. The summed E-state index contributed by atoms with van der Waals surface area (Å²) in [5.74, 6) is 0.669. The van der Waals surface area contributed by atoms with Gasteiger partial charge in [-0.2, -0.15) is 0 Å². The fourth-order valence-electron chi connectivity index (χ4n) is 11.7. The number of rotatable bonds is 5. The third kappa shape index (κ3) is 6.24. The normalized spacial score (nSPS) is 19.5. The largest absolute Gasteiger partial charge is 0.311 e. The maximum absolute atomic E-state index is 9.41. The quantitative estimate of drug-likeness (QED) is 0.159. The number of nitrogens with zero attached hydrogens (tertiary/aromatic N) is 2. The van der Waals surface area contributed by atoms with E-state index >= 15 is 0 Å². The summed E-state index contributed by atoms with van der Waals surface area (Å²) in [6, 6.07) is 31.0. The maximum atomic E-state index is 9.41. The Kier molecular flexibility index (Phi) is 8.04. The van der Waals surface area contributed by atoms with Gasteiger partial charge in [0.25, 0.3) is 6.71 Å². The van der Waals surface area contributed by atoms with Gasteiger partial charge in [0.1, 0.15) is 0 Å². The fraction of sp³-hybridized carbons (Fsp3) is 0.367. The van der Waals surface area contributed by atoms with Crippen molar-refractivity contribution in [1.29, 1.82) is 0 Å². The second-order valence-electron chi connectivity index (χ2n) is 22.7. The van der Waals surface area contributed by atoms with Crippen LogP contribution in [-0.2, 0) is 21.7 Å². The van der Waals surface area contributed by atoms with E-state index in [2.05, 4.69) is 178 Å². The van der Waals surface area contributed by atoms with Crippen LogP contribution in [0.25, 0.3) is 21.2 Å². The lowest BCUT2D eigenvalue weighted by Gasteiger charge is -2.45. The van der Waals surface area contributed by atoms with E-state index in [0.29, 0.717) is 17.4 Å². The van der Waals surface area contributed by atoms with Gasteiger partial charge in [-0.05, 0) is 169 Å². The highest BCUT2D eigenvalue weighted by Gasteiger charge is 2.47. The van der Waals surface area contributed by atoms with Crippen molar-refractivity contribution in [2.45, 2.75) is 142 Å². The summed E-state index contributed by atoms with van der Waals surface area (Å²) < 4.78 is 47.8. The van der Waals surface area contributed by atoms with E-state index in [9.17, 15) is 2.74 Å². The first-order valence-corrected chi connectivity index (χ1v) is 24.6. The topological polar surface area (TPSA) is 6.48 Å². The molecule has 2 aliphatic carbocycles. The summed E-state index contributed by atoms with van der Waals surface area (Å²) in [4.78, 5) is 4.90. The van der Waals surface area contributed by atoms with Crippen LogP contribution in [-0.4, -0.2) is 6.71 Å². The Labute approximate surface area is 394 Å². The molecule has 3 heterocycles. The predicted molar refractivity (Wildman–Crippen MR) is 280 cm³/mol. The van der Waals surface area contributed by atoms with Crippen molar-refractivity contribution >= 4 is 78.0 Å². The van der Waals surface area contributed by atoms with E-state index in [1.54, 1.807) is 0 Å². The smallest absolute Gasteiger partial charge is 0.264 e. The minimum absolute atomic E-state index is 0.0107. The fourth-order valence-corrected chi connectivity index (χ4v) is 13.1. The van der Waals surface area contributed by atoms with Crippen LogP contribution in [0.5, 0.6) is 0 Å². The van der Waals surface area contributed by atoms with E-state index in [0.717, 1.165) is 59.6 Å². The van der Waals surface area contributed by atoms with Gasteiger partial charge in [0, 0.05) is 43.3 Å². The molecule has 0 spiro atoms. The Hall–Kier alpha value is -5.06. The van der Waals surface area contributed by atoms with Crippen LogP contribution in [0, 0.1) is 0 Å². The first kappa shape index (κ1) is 36.2. The van der Waals surface area contributed by atoms with Crippen molar-refractivity contribution in [2.24, 2.45) is 0 Å². The highest BCUT2D eigenvalue weighted by atomic mass is 32.1. The monoisotopic (exact) mass is 862 g/mol. The number of benzene rings is 6. The molecule has 7 aromatic rings. The Bertz CT molecular complexity index is 3290. The molecular formula is C60H65BN2S. The molecule has 0 atom stereocenters. The SMILES string of the molecule is [2H]c1c([2H])c([2H])c(-c2cc3c4c(c2)N(c2ccc5c(c2)C(C)(C)CCC5(C)C)c2c(sc5cc6c(cc25)C(C)(C)CCC6(C)C)B4c2cc(C(C)C)ccc2N3c2ccc(C(C)C)cc2)c([2H])c1[2H]. The standard InChI is InChI=1S/C60H65BN2S/c1-36(2)38-18-21-42(22-19-38)62-50-25-20-40(37(3)4)30-49(50)61-54-51(62)31-41(39-16-14-13-15-17-39)32-52(54)63(43-23-24-45-46(33-43)58(7,8)27-26-57(45,5)6)55-44-34-47-48(35-53(44)64-56(55)61)60(11,12)29-28-59(47,9)10/h13-25,30-37H,26-29H2,1-12H3/i13D,14D,15D,16D,17D. The van der Waals surface area contributed by atoms with Gasteiger partial charge in [0.2, 0.25) is 0 Å². The number of hydrogen-bond donors (Lipinski definition) is 0. The van der Waals surface area contributed by atoms with E-state index in [1.165, 1.54) is 59.4 Å². The molecule has 1 aromatic heterocycles. The van der Waals surface area contributed by atoms with Crippen molar-refractivity contribution < 1.29 is 6.85 Å². The van der Waals surface area contributed by atoms with Gasteiger partial charge in [0.15, 0.2) is 0 Å². The summed E-state index contributed by atoms with van der Waals surface area (Å²) in [6.45, 7) is 28.1. The summed E-state index contributed by atoms with van der Waals surface area (Å²) >= 11 is 1.94. The summed E-state index contributed by atoms with van der Waals surface area (Å²) in [5.41, 5.74) is 17.7. The molecule has 0 unspecified atom stereocenters. The second-order valence-corrected chi connectivity index (χ2v) is 23.8. The lowest BCUT2D eigenvalue weighted by atomic mass is 9.36. The number of anilines is 6. The molecule has 2 nitrogen and oxygen atoms in total. The zero-order valence-electron chi connectivity index (χ0n) is 44.9. The van der Waals surface area contributed by atoms with Gasteiger partial charge in [-0.15, -0.1) is 11.3 Å². The summed E-state index contributed by atoms with van der Waals surface area (Å²) in [7, 11) is 0. The third-order valence-corrected chi connectivity index (χ3v) is 17.2. The van der Waals surface area contributed by atoms with Gasteiger partial charge in [-0.1, -0.05) is 144 Å². The molecule has 4 heteroatoms. The molecule has 4 aliphatic rings. The van der Waals surface area contributed by atoms with Crippen molar-refractivity contribution in [2.75, 3.05) is 9.80 Å². The highest BCUT2D eigenvalue weighted by Crippen LogP contribution is 2.54. The maximum Gasteiger partial charge on any atom is 0.264 e. The molecule has 0 N–H and O–H groups in total. The zero-order chi connectivity index (χ0) is 49.2. The molecule has 11 rings (SSSR count). The van der Waals surface area contributed by atoms with Crippen molar-refractivity contribution in [1.82, 2.24) is 0 Å². The van der Waals surface area contributed by atoms with Crippen LogP contribution >= 0.6 is 11.3 Å². The second kappa shape index (κ2) is 14.2.